The van der Waals surface area contributed by atoms with Crippen LogP contribution in [0.2, 0.25) is 0 Å². The number of carbonyl (C=O) groups is 1. The first-order chi connectivity index (χ1) is 15.0. The Balaban J connectivity index is 1.78. The monoisotopic (exact) mass is 466 g/mol. The van der Waals surface area contributed by atoms with E-state index in [4.69, 9.17) is 4.42 Å². The Kier molecular flexibility index (Phi) is 6.75. The molecule has 10 heteroatoms. The molecule has 0 fully saturated rings. The van der Waals surface area contributed by atoms with E-state index >= 15 is 0 Å². The molecule has 1 heterocycles. The molecule has 0 saturated carbocycles. The molecule has 32 heavy (non-hydrogen) atoms. The molecule has 0 aliphatic carbocycles. The van der Waals surface area contributed by atoms with E-state index in [1.165, 1.54) is 36.6 Å². The summed E-state index contributed by atoms with van der Waals surface area (Å²) in [7, 11) is -3.93. The number of halogens is 3. The second kappa shape index (κ2) is 9.17. The van der Waals surface area contributed by atoms with Crippen molar-refractivity contribution in [3.8, 4) is 0 Å². The number of alkyl halides is 3. The quantitative estimate of drug-likeness (QED) is 0.534. The summed E-state index contributed by atoms with van der Waals surface area (Å²) in [4.78, 5) is 12.7. The molecule has 0 aliphatic heterocycles. The number of aryl methyl sites for hydroxylation is 1. The van der Waals surface area contributed by atoms with Gasteiger partial charge in [0.1, 0.15) is 5.76 Å². The third kappa shape index (κ3) is 5.57. The molecule has 1 aromatic heterocycles. The largest absolute Gasteiger partial charge is 0.468 e. The van der Waals surface area contributed by atoms with Crippen LogP contribution in [0.25, 0.3) is 0 Å². The van der Waals surface area contributed by atoms with Crippen LogP contribution < -0.4 is 10.0 Å². The van der Waals surface area contributed by atoms with Crippen LogP contribution in [0, 0.1) is 6.92 Å². The van der Waals surface area contributed by atoms with Gasteiger partial charge in [0.15, 0.2) is 0 Å². The van der Waals surface area contributed by atoms with E-state index in [1.807, 2.05) is 0 Å². The summed E-state index contributed by atoms with van der Waals surface area (Å²) in [5.41, 5.74) is 0.0751. The number of rotatable bonds is 7. The topological polar surface area (TPSA) is 88.4 Å². The summed E-state index contributed by atoms with van der Waals surface area (Å²) >= 11 is 0. The maximum atomic E-state index is 13.0. The lowest BCUT2D eigenvalue weighted by Gasteiger charge is -2.17. The van der Waals surface area contributed by atoms with Crippen LogP contribution in [0.5, 0.6) is 0 Å². The standard InChI is InChI=1S/C22H21F3N2O4S/c1-14-8-9-19(32(29,30)26-13-18-7-4-10-31-18)12-20(14)21(28)27-15(2)16-5-3-6-17(11-16)22(23,24)25/h3-12,15,26H,13H2,1-2H3,(H,27,28). The Hall–Kier alpha value is -3.11. The third-order valence-electron chi connectivity index (χ3n) is 4.84. The van der Waals surface area contributed by atoms with Crippen LogP contribution in [0.1, 0.15) is 45.8 Å². The maximum absolute atomic E-state index is 13.0. The molecular weight excluding hydrogens is 445 g/mol. The molecule has 2 aromatic carbocycles. The van der Waals surface area contributed by atoms with Gasteiger partial charge in [-0.25, -0.2) is 13.1 Å². The zero-order valence-electron chi connectivity index (χ0n) is 17.2. The van der Waals surface area contributed by atoms with Crippen molar-refractivity contribution in [1.29, 1.82) is 0 Å². The lowest BCUT2D eigenvalue weighted by atomic mass is 10.0. The molecule has 170 valence electrons. The summed E-state index contributed by atoms with van der Waals surface area (Å²) in [6.07, 6.45) is -3.08. The highest BCUT2D eigenvalue weighted by Crippen LogP contribution is 2.30. The smallest absolute Gasteiger partial charge is 0.416 e. The van der Waals surface area contributed by atoms with E-state index in [2.05, 4.69) is 10.0 Å². The molecule has 3 aromatic rings. The summed E-state index contributed by atoms with van der Waals surface area (Å²) in [6.45, 7) is 3.13. The van der Waals surface area contributed by atoms with Crippen molar-refractivity contribution < 1.29 is 30.8 Å². The second-order valence-electron chi connectivity index (χ2n) is 7.20. The molecule has 0 radical (unpaired) electrons. The fourth-order valence-corrected chi connectivity index (χ4v) is 4.04. The fraction of sp³-hybridized carbons (Fsp3) is 0.227. The number of sulfonamides is 1. The van der Waals surface area contributed by atoms with Crippen molar-refractivity contribution in [2.24, 2.45) is 0 Å². The summed E-state index contributed by atoms with van der Waals surface area (Å²) in [5, 5.41) is 2.63. The SMILES string of the molecule is Cc1ccc(S(=O)(=O)NCc2ccco2)cc1C(=O)NC(C)c1cccc(C(F)(F)F)c1. The van der Waals surface area contributed by atoms with Gasteiger partial charge in [-0.1, -0.05) is 18.2 Å². The molecule has 0 spiro atoms. The van der Waals surface area contributed by atoms with Crippen LogP contribution >= 0.6 is 0 Å². The molecule has 0 aliphatic rings. The van der Waals surface area contributed by atoms with E-state index < -0.39 is 33.7 Å². The number of furan rings is 1. The third-order valence-corrected chi connectivity index (χ3v) is 6.24. The first-order valence-corrected chi connectivity index (χ1v) is 11.1. The average Bonchev–Trinajstić information content (AvgIpc) is 3.25. The first-order valence-electron chi connectivity index (χ1n) is 9.58. The van der Waals surface area contributed by atoms with Gasteiger partial charge in [-0.15, -0.1) is 0 Å². The van der Waals surface area contributed by atoms with Gasteiger partial charge in [0.2, 0.25) is 10.0 Å². The Morgan fingerprint density at radius 3 is 2.50 bits per heavy atom. The van der Waals surface area contributed by atoms with Crippen LogP contribution in [0.3, 0.4) is 0 Å². The van der Waals surface area contributed by atoms with Crippen molar-refractivity contribution in [1.82, 2.24) is 10.0 Å². The number of amides is 1. The molecule has 0 saturated heterocycles. The average molecular weight is 466 g/mol. The van der Waals surface area contributed by atoms with Gasteiger partial charge < -0.3 is 9.73 Å². The van der Waals surface area contributed by atoms with E-state index in [1.54, 1.807) is 26.0 Å². The van der Waals surface area contributed by atoms with Gasteiger partial charge in [-0.3, -0.25) is 4.79 Å². The Bertz CT molecular complexity index is 1210. The van der Waals surface area contributed by atoms with Crippen LogP contribution in [0.4, 0.5) is 13.2 Å². The first kappa shape index (κ1) is 23.6. The van der Waals surface area contributed by atoms with E-state index in [-0.39, 0.29) is 22.6 Å². The normalized spacial score (nSPS) is 13.0. The highest BCUT2D eigenvalue weighted by atomic mass is 32.2. The zero-order chi connectivity index (χ0) is 23.5. The zero-order valence-corrected chi connectivity index (χ0v) is 18.0. The van der Waals surface area contributed by atoms with Gasteiger partial charge in [0, 0.05) is 5.56 Å². The van der Waals surface area contributed by atoms with Crippen LogP contribution in [0.15, 0.2) is 70.2 Å². The number of benzene rings is 2. The van der Waals surface area contributed by atoms with Crippen molar-refractivity contribution in [3.63, 3.8) is 0 Å². The Labute approximate surface area is 183 Å². The predicted molar refractivity (Wildman–Crippen MR) is 111 cm³/mol. The molecule has 0 bridgehead atoms. The van der Waals surface area contributed by atoms with E-state index in [0.29, 0.717) is 11.3 Å². The number of hydrogen-bond acceptors (Lipinski definition) is 4. The van der Waals surface area contributed by atoms with Crippen molar-refractivity contribution >= 4 is 15.9 Å². The van der Waals surface area contributed by atoms with E-state index in [9.17, 15) is 26.4 Å². The lowest BCUT2D eigenvalue weighted by Crippen LogP contribution is -2.28. The van der Waals surface area contributed by atoms with Crippen LogP contribution in [-0.2, 0) is 22.7 Å². The van der Waals surface area contributed by atoms with Gasteiger partial charge in [0.25, 0.3) is 5.91 Å². The van der Waals surface area contributed by atoms with Crippen LogP contribution in [-0.4, -0.2) is 14.3 Å². The van der Waals surface area contributed by atoms with Gasteiger partial charge in [-0.2, -0.15) is 13.2 Å². The predicted octanol–water partition coefficient (Wildman–Crippen LogP) is 4.58. The molecular formula is C22H21F3N2O4S. The van der Waals surface area contributed by atoms with Crippen molar-refractivity contribution in [3.05, 3.63) is 88.9 Å². The highest BCUT2D eigenvalue weighted by molar-refractivity contribution is 7.89. The number of carbonyl (C=O) groups excluding carboxylic acids is 1. The minimum Gasteiger partial charge on any atom is -0.468 e. The summed E-state index contributed by atoms with van der Waals surface area (Å²) in [5.74, 6) is -0.177. The van der Waals surface area contributed by atoms with Crippen molar-refractivity contribution in [2.45, 2.75) is 37.5 Å². The molecule has 2 N–H and O–H groups in total. The molecule has 1 amide bonds. The minimum absolute atomic E-state index is 0.0582. The second-order valence-corrected chi connectivity index (χ2v) is 8.97. The Morgan fingerprint density at radius 1 is 1.09 bits per heavy atom. The highest BCUT2D eigenvalue weighted by Gasteiger charge is 2.31. The molecule has 3 rings (SSSR count). The summed E-state index contributed by atoms with van der Waals surface area (Å²) in [6, 6.07) is 11.3. The minimum atomic E-state index is -4.50. The summed E-state index contributed by atoms with van der Waals surface area (Å²) < 4.78 is 71.6. The maximum Gasteiger partial charge on any atom is 0.416 e. The number of hydrogen-bond donors (Lipinski definition) is 2. The van der Waals surface area contributed by atoms with E-state index in [0.717, 1.165) is 12.1 Å². The number of nitrogens with one attached hydrogen (secondary N) is 2. The van der Waals surface area contributed by atoms with Gasteiger partial charge >= 0.3 is 6.18 Å². The molecule has 6 nitrogen and oxygen atoms in total. The Morgan fingerprint density at radius 2 is 1.84 bits per heavy atom. The van der Waals surface area contributed by atoms with Crippen molar-refractivity contribution in [2.75, 3.05) is 0 Å². The van der Waals surface area contributed by atoms with Gasteiger partial charge in [0.05, 0.1) is 29.3 Å². The fourth-order valence-electron chi connectivity index (χ4n) is 3.02. The lowest BCUT2D eigenvalue weighted by molar-refractivity contribution is -0.137. The molecule has 1 atom stereocenters. The molecule has 1 unspecified atom stereocenters. The van der Waals surface area contributed by atoms with Gasteiger partial charge in [-0.05, 0) is 61.4 Å².